The van der Waals surface area contributed by atoms with Gasteiger partial charge in [0.2, 0.25) is 0 Å². The minimum Gasteiger partial charge on any atom is -0.300 e. The normalized spacial score (nSPS) is 29.0. The molecule has 0 spiro atoms. The van der Waals surface area contributed by atoms with Gasteiger partial charge in [-0.15, -0.1) is 0 Å². The summed E-state index contributed by atoms with van der Waals surface area (Å²) in [5, 5.41) is 0. The van der Waals surface area contributed by atoms with E-state index in [1.54, 1.807) is 0 Å². The third-order valence-electron chi connectivity index (χ3n) is 4.44. The maximum atomic E-state index is 11.7. The quantitative estimate of drug-likeness (QED) is 0.796. The van der Waals surface area contributed by atoms with Crippen molar-refractivity contribution >= 4 is 5.78 Å². The van der Waals surface area contributed by atoms with E-state index < -0.39 is 0 Å². The Morgan fingerprint density at radius 2 is 1.94 bits per heavy atom. The fourth-order valence-corrected chi connectivity index (χ4v) is 3.53. The fraction of sp³-hybridized carbons (Fsp3) is 0.562. The average Bonchev–Trinajstić information content (AvgIpc) is 2.66. The zero-order chi connectivity index (χ0) is 12.4. The number of nitrogens with zero attached hydrogens (tertiary/aromatic N) is 1. The second-order valence-electron chi connectivity index (χ2n) is 5.73. The summed E-state index contributed by atoms with van der Waals surface area (Å²) in [4.78, 5) is 14.2. The van der Waals surface area contributed by atoms with Crippen molar-refractivity contribution in [2.75, 3.05) is 6.54 Å². The van der Waals surface area contributed by atoms with Gasteiger partial charge in [0.15, 0.2) is 0 Å². The summed E-state index contributed by atoms with van der Waals surface area (Å²) in [6, 6.07) is 11.2. The van der Waals surface area contributed by atoms with Crippen molar-refractivity contribution in [3.63, 3.8) is 0 Å². The van der Waals surface area contributed by atoms with Crippen molar-refractivity contribution in [3.8, 4) is 0 Å². The molecule has 2 unspecified atom stereocenters. The molecule has 1 aliphatic heterocycles. The van der Waals surface area contributed by atoms with Gasteiger partial charge < -0.3 is 0 Å². The Morgan fingerprint density at radius 3 is 2.78 bits per heavy atom. The summed E-state index contributed by atoms with van der Waals surface area (Å²) < 4.78 is 0. The van der Waals surface area contributed by atoms with Crippen LogP contribution in [-0.4, -0.2) is 23.3 Å². The van der Waals surface area contributed by atoms with Gasteiger partial charge in [-0.3, -0.25) is 9.69 Å². The molecule has 1 saturated heterocycles. The van der Waals surface area contributed by atoms with E-state index in [-0.39, 0.29) is 0 Å². The molecule has 18 heavy (non-hydrogen) atoms. The van der Waals surface area contributed by atoms with Crippen LogP contribution < -0.4 is 0 Å². The second kappa shape index (κ2) is 5.23. The molecule has 3 rings (SSSR count). The number of likely N-dealkylation sites (tertiary alicyclic amines) is 1. The lowest BCUT2D eigenvalue weighted by atomic mass is 9.98. The van der Waals surface area contributed by atoms with E-state index in [0.29, 0.717) is 17.7 Å². The van der Waals surface area contributed by atoms with E-state index >= 15 is 0 Å². The van der Waals surface area contributed by atoms with Crippen LogP contribution in [0.1, 0.15) is 37.7 Å². The zero-order valence-electron chi connectivity index (χ0n) is 10.8. The van der Waals surface area contributed by atoms with Crippen LogP contribution in [0.15, 0.2) is 30.3 Å². The van der Waals surface area contributed by atoms with Crippen LogP contribution in [-0.2, 0) is 11.3 Å². The van der Waals surface area contributed by atoms with Gasteiger partial charge in [-0.1, -0.05) is 36.8 Å². The highest BCUT2D eigenvalue weighted by Gasteiger charge is 2.37. The number of hydrogen-bond donors (Lipinski definition) is 0. The predicted octanol–water partition coefficient (Wildman–Crippen LogP) is 3.02. The number of carbonyl (C=O) groups is 1. The predicted molar refractivity (Wildman–Crippen MR) is 72.2 cm³/mol. The Kier molecular flexibility index (Phi) is 3.46. The van der Waals surface area contributed by atoms with Gasteiger partial charge in [0.05, 0.1) is 0 Å². The molecule has 2 atom stereocenters. The first kappa shape index (κ1) is 11.9. The van der Waals surface area contributed by atoms with Crippen molar-refractivity contribution in [3.05, 3.63) is 35.9 Å². The number of benzene rings is 1. The van der Waals surface area contributed by atoms with Gasteiger partial charge in [0, 0.05) is 25.4 Å². The first-order valence-electron chi connectivity index (χ1n) is 7.12. The van der Waals surface area contributed by atoms with E-state index in [1.165, 1.54) is 24.8 Å². The molecule has 1 saturated carbocycles. The van der Waals surface area contributed by atoms with Crippen molar-refractivity contribution in [1.29, 1.82) is 0 Å². The van der Waals surface area contributed by atoms with E-state index in [4.69, 9.17) is 0 Å². The Bertz CT molecular complexity index is 414. The Balaban J connectivity index is 1.75. The first-order valence-corrected chi connectivity index (χ1v) is 7.12. The Morgan fingerprint density at radius 1 is 1.11 bits per heavy atom. The summed E-state index contributed by atoms with van der Waals surface area (Å²) in [5.74, 6) is 1.11. The summed E-state index contributed by atoms with van der Waals surface area (Å²) >= 11 is 0. The number of Topliss-reactive ketones (excluding diaryl/α,β-unsaturated/α-hetero) is 1. The summed E-state index contributed by atoms with van der Waals surface area (Å²) in [6.07, 6.45) is 5.45. The molecule has 0 radical (unpaired) electrons. The monoisotopic (exact) mass is 243 g/mol. The summed E-state index contributed by atoms with van der Waals surface area (Å²) in [5.41, 5.74) is 1.37. The van der Waals surface area contributed by atoms with Gasteiger partial charge in [0.25, 0.3) is 0 Å². The minimum absolute atomic E-state index is 0.477. The van der Waals surface area contributed by atoms with Crippen molar-refractivity contribution < 1.29 is 4.79 Å². The highest BCUT2D eigenvalue weighted by molar-refractivity contribution is 5.81. The first-order chi connectivity index (χ1) is 8.83. The van der Waals surface area contributed by atoms with Crippen molar-refractivity contribution in [2.24, 2.45) is 5.92 Å². The number of rotatable bonds is 2. The van der Waals surface area contributed by atoms with Crippen LogP contribution in [0.4, 0.5) is 0 Å². The van der Waals surface area contributed by atoms with Gasteiger partial charge in [-0.2, -0.15) is 0 Å². The lowest BCUT2D eigenvalue weighted by molar-refractivity contribution is -0.117. The lowest BCUT2D eigenvalue weighted by Crippen LogP contribution is -2.36. The number of ketones is 1. The molecule has 0 amide bonds. The zero-order valence-corrected chi connectivity index (χ0v) is 10.8. The second-order valence-corrected chi connectivity index (χ2v) is 5.73. The van der Waals surface area contributed by atoms with Crippen LogP contribution >= 0.6 is 0 Å². The van der Waals surface area contributed by atoms with Crippen molar-refractivity contribution in [2.45, 2.75) is 44.7 Å². The maximum absolute atomic E-state index is 11.7. The third-order valence-corrected chi connectivity index (χ3v) is 4.44. The van der Waals surface area contributed by atoms with Crippen molar-refractivity contribution in [1.82, 2.24) is 4.90 Å². The van der Waals surface area contributed by atoms with Gasteiger partial charge in [-0.25, -0.2) is 0 Å². The van der Waals surface area contributed by atoms with Crippen LogP contribution in [0.5, 0.6) is 0 Å². The van der Waals surface area contributed by atoms with Gasteiger partial charge >= 0.3 is 0 Å². The summed E-state index contributed by atoms with van der Waals surface area (Å²) in [7, 11) is 0. The van der Waals surface area contributed by atoms with E-state index in [1.807, 2.05) is 0 Å². The third kappa shape index (κ3) is 2.49. The van der Waals surface area contributed by atoms with Crippen LogP contribution in [0.3, 0.4) is 0 Å². The highest BCUT2D eigenvalue weighted by atomic mass is 16.1. The van der Waals surface area contributed by atoms with Gasteiger partial charge in [0.1, 0.15) is 5.78 Å². The van der Waals surface area contributed by atoms with Crippen LogP contribution in [0.25, 0.3) is 0 Å². The molecule has 0 aromatic heterocycles. The van der Waals surface area contributed by atoms with Crippen LogP contribution in [0, 0.1) is 5.92 Å². The standard InChI is InChI=1S/C16H21NO/c18-15-10-14-8-4-5-9-17(16(14)11-15)12-13-6-2-1-3-7-13/h1-3,6-7,14,16H,4-5,8-12H2. The molecule has 2 heteroatoms. The molecular formula is C16H21NO. The molecule has 0 bridgehead atoms. The Hall–Kier alpha value is -1.15. The largest absolute Gasteiger partial charge is 0.300 e. The SMILES string of the molecule is O=C1CC2CCCCN(Cc3ccccc3)C2C1. The molecular weight excluding hydrogens is 222 g/mol. The molecule has 2 fully saturated rings. The molecule has 1 aliphatic carbocycles. The maximum Gasteiger partial charge on any atom is 0.134 e. The number of hydrogen-bond acceptors (Lipinski definition) is 2. The van der Waals surface area contributed by atoms with E-state index in [9.17, 15) is 4.79 Å². The van der Waals surface area contributed by atoms with E-state index in [2.05, 4.69) is 35.2 Å². The smallest absolute Gasteiger partial charge is 0.134 e. The molecule has 0 N–H and O–H groups in total. The van der Waals surface area contributed by atoms with Crippen LogP contribution in [0.2, 0.25) is 0 Å². The topological polar surface area (TPSA) is 20.3 Å². The van der Waals surface area contributed by atoms with Gasteiger partial charge in [-0.05, 0) is 30.9 Å². The lowest BCUT2D eigenvalue weighted by Gasteiger charge is -2.30. The molecule has 1 aromatic carbocycles. The average molecular weight is 243 g/mol. The number of fused-ring (bicyclic) bond motifs is 1. The fourth-order valence-electron chi connectivity index (χ4n) is 3.53. The molecule has 2 aliphatic rings. The number of carbonyl (C=O) groups excluding carboxylic acids is 1. The summed E-state index contributed by atoms with van der Waals surface area (Å²) in [6.45, 7) is 2.17. The van der Waals surface area contributed by atoms with E-state index in [0.717, 1.165) is 25.9 Å². The minimum atomic E-state index is 0.477. The molecule has 1 aromatic rings. The Labute approximate surface area is 109 Å². The molecule has 96 valence electrons. The molecule has 2 nitrogen and oxygen atoms in total. The molecule has 1 heterocycles. The highest BCUT2D eigenvalue weighted by Crippen LogP contribution is 2.34.